The second-order valence-corrected chi connectivity index (χ2v) is 5.91. The lowest BCUT2D eigenvalue weighted by molar-refractivity contribution is 0.0941. The fourth-order valence-electron chi connectivity index (χ4n) is 2.49. The standard InChI is InChI=1S/C18H19ClFNO2/c1-12(22)10-14(13-6-3-2-4-7-13)11-21-18(23)17-15(19)8-5-9-16(17)20/h2-9,12,14,22H,10-11H2,1H3,(H,21,23)/t12-,14-/m0/s1. The lowest BCUT2D eigenvalue weighted by Crippen LogP contribution is -2.30. The Kier molecular flexibility index (Phi) is 6.13. The summed E-state index contributed by atoms with van der Waals surface area (Å²) in [5, 5.41) is 12.4. The highest BCUT2D eigenvalue weighted by Gasteiger charge is 2.19. The van der Waals surface area contributed by atoms with Gasteiger partial charge in [0, 0.05) is 12.5 Å². The molecule has 0 aliphatic rings. The molecule has 0 fully saturated rings. The number of carbonyl (C=O) groups excluding carboxylic acids is 1. The molecule has 0 radical (unpaired) electrons. The molecule has 0 saturated heterocycles. The quantitative estimate of drug-likeness (QED) is 0.844. The lowest BCUT2D eigenvalue weighted by atomic mass is 9.93. The van der Waals surface area contributed by atoms with Crippen molar-refractivity contribution in [2.24, 2.45) is 0 Å². The Labute approximate surface area is 140 Å². The van der Waals surface area contributed by atoms with Gasteiger partial charge >= 0.3 is 0 Å². The van der Waals surface area contributed by atoms with Crippen LogP contribution in [0.3, 0.4) is 0 Å². The van der Waals surface area contributed by atoms with Crippen LogP contribution in [0.4, 0.5) is 4.39 Å². The topological polar surface area (TPSA) is 49.3 Å². The van der Waals surface area contributed by atoms with Crippen molar-refractivity contribution < 1.29 is 14.3 Å². The van der Waals surface area contributed by atoms with Gasteiger partial charge in [0.1, 0.15) is 5.82 Å². The molecular formula is C18H19ClFNO2. The minimum Gasteiger partial charge on any atom is -0.393 e. The first kappa shape index (κ1) is 17.4. The van der Waals surface area contributed by atoms with Crippen LogP contribution >= 0.6 is 11.6 Å². The molecule has 23 heavy (non-hydrogen) atoms. The molecule has 1 amide bonds. The van der Waals surface area contributed by atoms with Crippen LogP contribution in [0.15, 0.2) is 48.5 Å². The maximum absolute atomic E-state index is 13.8. The van der Waals surface area contributed by atoms with Gasteiger partial charge in [0.05, 0.1) is 16.7 Å². The van der Waals surface area contributed by atoms with Gasteiger partial charge in [-0.1, -0.05) is 48.0 Å². The van der Waals surface area contributed by atoms with E-state index in [-0.39, 0.29) is 16.5 Å². The van der Waals surface area contributed by atoms with Crippen molar-refractivity contribution in [1.82, 2.24) is 5.32 Å². The zero-order valence-corrected chi connectivity index (χ0v) is 13.6. The predicted molar refractivity (Wildman–Crippen MR) is 89.2 cm³/mol. The molecule has 0 bridgehead atoms. The maximum Gasteiger partial charge on any atom is 0.255 e. The van der Waals surface area contributed by atoms with Crippen molar-refractivity contribution >= 4 is 17.5 Å². The van der Waals surface area contributed by atoms with Gasteiger partial charge in [0.2, 0.25) is 0 Å². The lowest BCUT2D eigenvalue weighted by Gasteiger charge is -2.20. The second-order valence-electron chi connectivity index (χ2n) is 5.50. The van der Waals surface area contributed by atoms with E-state index in [1.54, 1.807) is 6.92 Å². The summed E-state index contributed by atoms with van der Waals surface area (Å²) in [7, 11) is 0. The third-order valence-electron chi connectivity index (χ3n) is 3.60. The first-order valence-electron chi connectivity index (χ1n) is 7.44. The minimum atomic E-state index is -0.651. The van der Waals surface area contributed by atoms with E-state index in [0.29, 0.717) is 13.0 Å². The van der Waals surface area contributed by atoms with Crippen molar-refractivity contribution in [3.8, 4) is 0 Å². The Morgan fingerprint density at radius 3 is 2.52 bits per heavy atom. The third kappa shape index (κ3) is 4.78. The van der Waals surface area contributed by atoms with Crippen LogP contribution in [-0.4, -0.2) is 23.7 Å². The summed E-state index contributed by atoms with van der Waals surface area (Å²) < 4.78 is 13.8. The fourth-order valence-corrected chi connectivity index (χ4v) is 2.74. The van der Waals surface area contributed by atoms with Gasteiger partial charge in [-0.2, -0.15) is 0 Å². The average molecular weight is 336 g/mol. The number of carbonyl (C=O) groups is 1. The van der Waals surface area contributed by atoms with Crippen LogP contribution in [0, 0.1) is 5.82 Å². The summed E-state index contributed by atoms with van der Waals surface area (Å²) in [6, 6.07) is 13.7. The fraction of sp³-hybridized carbons (Fsp3) is 0.278. The first-order chi connectivity index (χ1) is 11.0. The number of hydrogen-bond acceptors (Lipinski definition) is 2. The van der Waals surface area contributed by atoms with E-state index in [1.807, 2.05) is 30.3 Å². The first-order valence-corrected chi connectivity index (χ1v) is 7.82. The van der Waals surface area contributed by atoms with Gasteiger partial charge in [0.15, 0.2) is 0 Å². The minimum absolute atomic E-state index is 0.0642. The molecule has 0 saturated carbocycles. The van der Waals surface area contributed by atoms with Crippen molar-refractivity contribution in [3.05, 3.63) is 70.5 Å². The van der Waals surface area contributed by atoms with Crippen LogP contribution < -0.4 is 5.32 Å². The van der Waals surface area contributed by atoms with Gasteiger partial charge in [0.25, 0.3) is 5.91 Å². The van der Waals surface area contributed by atoms with Crippen molar-refractivity contribution in [2.45, 2.75) is 25.4 Å². The Balaban J connectivity index is 2.11. The third-order valence-corrected chi connectivity index (χ3v) is 3.91. The highest BCUT2D eigenvalue weighted by Crippen LogP contribution is 2.22. The molecule has 0 heterocycles. The number of amides is 1. The monoisotopic (exact) mass is 335 g/mol. The molecule has 3 nitrogen and oxygen atoms in total. The molecule has 0 aliphatic heterocycles. The number of aliphatic hydroxyl groups excluding tert-OH is 1. The molecule has 0 aromatic heterocycles. The number of aliphatic hydroxyl groups is 1. The van der Waals surface area contributed by atoms with Gasteiger partial charge < -0.3 is 10.4 Å². The molecule has 2 rings (SSSR count). The summed E-state index contributed by atoms with van der Waals surface area (Å²) in [5.41, 5.74) is 0.853. The van der Waals surface area contributed by atoms with E-state index in [4.69, 9.17) is 11.6 Å². The van der Waals surface area contributed by atoms with E-state index in [1.165, 1.54) is 18.2 Å². The van der Waals surface area contributed by atoms with Crippen LogP contribution in [0.25, 0.3) is 0 Å². The van der Waals surface area contributed by atoms with Crippen molar-refractivity contribution in [1.29, 1.82) is 0 Å². The van der Waals surface area contributed by atoms with E-state index in [9.17, 15) is 14.3 Å². The summed E-state index contributed by atoms with van der Waals surface area (Å²) in [5.74, 6) is -1.27. The van der Waals surface area contributed by atoms with Crippen LogP contribution in [0.1, 0.15) is 35.2 Å². The van der Waals surface area contributed by atoms with Gasteiger partial charge in [-0.25, -0.2) is 4.39 Å². The zero-order valence-electron chi connectivity index (χ0n) is 12.8. The SMILES string of the molecule is C[C@H](O)C[C@@H](CNC(=O)c1c(F)cccc1Cl)c1ccccc1. The normalized spacial score (nSPS) is 13.4. The Morgan fingerprint density at radius 2 is 1.91 bits per heavy atom. The summed E-state index contributed by atoms with van der Waals surface area (Å²) in [6.45, 7) is 1.99. The van der Waals surface area contributed by atoms with Crippen molar-refractivity contribution in [3.63, 3.8) is 0 Å². The van der Waals surface area contributed by atoms with Crippen molar-refractivity contribution in [2.75, 3.05) is 6.54 Å². The number of benzene rings is 2. The van der Waals surface area contributed by atoms with Gasteiger partial charge in [-0.15, -0.1) is 0 Å². The largest absolute Gasteiger partial charge is 0.393 e. The summed E-state index contributed by atoms with van der Waals surface area (Å²) in [4.78, 5) is 12.2. The number of nitrogens with one attached hydrogen (secondary N) is 1. The maximum atomic E-state index is 13.8. The number of halogens is 2. The van der Waals surface area contributed by atoms with Crippen LogP contribution in [-0.2, 0) is 0 Å². The van der Waals surface area contributed by atoms with E-state index in [2.05, 4.69) is 5.32 Å². The molecule has 2 aromatic carbocycles. The number of rotatable bonds is 6. The molecular weight excluding hydrogens is 317 g/mol. The van der Waals surface area contributed by atoms with Gasteiger partial charge in [-0.05, 0) is 31.0 Å². The van der Waals surface area contributed by atoms with Gasteiger partial charge in [-0.3, -0.25) is 4.79 Å². The molecule has 2 N–H and O–H groups in total. The Morgan fingerprint density at radius 1 is 1.22 bits per heavy atom. The molecule has 2 atom stereocenters. The Hall–Kier alpha value is -1.91. The van der Waals surface area contributed by atoms with Crippen LogP contribution in [0.5, 0.6) is 0 Å². The smallest absolute Gasteiger partial charge is 0.255 e. The number of hydrogen-bond donors (Lipinski definition) is 2. The molecule has 0 spiro atoms. The molecule has 122 valence electrons. The highest BCUT2D eigenvalue weighted by atomic mass is 35.5. The van der Waals surface area contributed by atoms with E-state index >= 15 is 0 Å². The molecule has 0 aliphatic carbocycles. The van der Waals surface area contributed by atoms with E-state index < -0.39 is 17.8 Å². The molecule has 0 unspecified atom stereocenters. The van der Waals surface area contributed by atoms with E-state index in [0.717, 1.165) is 5.56 Å². The molecule has 5 heteroatoms. The zero-order chi connectivity index (χ0) is 16.8. The highest BCUT2D eigenvalue weighted by molar-refractivity contribution is 6.33. The predicted octanol–water partition coefficient (Wildman–Crippen LogP) is 3.76. The summed E-state index contributed by atoms with van der Waals surface area (Å²) in [6.07, 6.45) is -0.0101. The summed E-state index contributed by atoms with van der Waals surface area (Å²) >= 11 is 5.90. The average Bonchev–Trinajstić information content (AvgIpc) is 2.51. The second kappa shape index (κ2) is 8.09. The van der Waals surface area contributed by atoms with Crippen LogP contribution in [0.2, 0.25) is 5.02 Å². The Bertz CT molecular complexity index is 641. The molecule has 2 aromatic rings.